The maximum absolute atomic E-state index is 11.0. The van der Waals surface area contributed by atoms with Crippen LogP contribution in [0, 0.1) is 0 Å². The highest BCUT2D eigenvalue weighted by Gasteiger charge is 2.10. The highest BCUT2D eigenvalue weighted by atomic mass is 32.1. The molecule has 0 aliphatic carbocycles. The summed E-state index contributed by atoms with van der Waals surface area (Å²) >= 11 is 1.50. The molecule has 5 heteroatoms. The van der Waals surface area contributed by atoms with Crippen molar-refractivity contribution in [2.45, 2.75) is 0 Å². The van der Waals surface area contributed by atoms with Crippen LogP contribution < -0.4 is 4.74 Å². The average molecular weight is 252 g/mol. The van der Waals surface area contributed by atoms with E-state index in [1.54, 1.807) is 19.2 Å². The van der Waals surface area contributed by atoms with Crippen LogP contribution in [0.2, 0.25) is 0 Å². The van der Waals surface area contributed by atoms with Crippen molar-refractivity contribution in [1.29, 1.82) is 0 Å². The van der Waals surface area contributed by atoms with Crippen molar-refractivity contribution in [2.75, 3.05) is 20.3 Å². The summed E-state index contributed by atoms with van der Waals surface area (Å²) < 4.78 is 11.3. The van der Waals surface area contributed by atoms with Crippen molar-refractivity contribution >= 4 is 27.4 Å². The fourth-order valence-electron chi connectivity index (χ4n) is 1.52. The number of carbonyl (C=O) groups is 1. The van der Waals surface area contributed by atoms with Crippen LogP contribution in [0.3, 0.4) is 0 Å². The smallest absolute Gasteiger partial charge is 0.335 e. The molecule has 1 heterocycles. The molecule has 0 aliphatic rings. The van der Waals surface area contributed by atoms with Gasteiger partial charge in [-0.05, 0) is 23.6 Å². The minimum Gasteiger partial charge on any atom is -0.490 e. The third-order valence-corrected chi connectivity index (χ3v) is 3.19. The van der Waals surface area contributed by atoms with Crippen LogP contribution in [0.4, 0.5) is 0 Å². The molecule has 90 valence electrons. The molecule has 0 aliphatic heterocycles. The van der Waals surface area contributed by atoms with Crippen molar-refractivity contribution in [1.82, 2.24) is 0 Å². The second kappa shape index (κ2) is 5.16. The second-order valence-electron chi connectivity index (χ2n) is 3.45. The predicted molar refractivity (Wildman–Crippen MR) is 66.2 cm³/mol. The van der Waals surface area contributed by atoms with Crippen molar-refractivity contribution < 1.29 is 19.4 Å². The highest BCUT2D eigenvalue weighted by molar-refractivity contribution is 7.17. The number of benzene rings is 1. The Morgan fingerprint density at radius 2 is 2.24 bits per heavy atom. The molecule has 1 N–H and O–H groups in total. The van der Waals surface area contributed by atoms with Crippen LogP contribution in [-0.2, 0) is 4.74 Å². The van der Waals surface area contributed by atoms with Gasteiger partial charge in [0, 0.05) is 17.2 Å². The molecule has 0 bridgehead atoms. The van der Waals surface area contributed by atoms with E-state index in [2.05, 4.69) is 0 Å². The Labute approximate surface area is 102 Å². The molecular formula is C12H12O4S. The number of thiophene rings is 1. The largest absolute Gasteiger partial charge is 0.490 e. The molecule has 0 saturated carbocycles. The van der Waals surface area contributed by atoms with Crippen LogP contribution in [0.25, 0.3) is 10.1 Å². The molecule has 2 rings (SSSR count). The standard InChI is InChI=1S/C12H12O4S/c1-15-3-4-16-10-6-8(12(13)14)7-11-9(10)2-5-17-11/h2,5-7H,3-4H2,1H3,(H,13,14). The number of carboxylic acid groups (broad SMARTS) is 1. The van der Waals surface area contributed by atoms with Gasteiger partial charge in [0.1, 0.15) is 12.4 Å². The monoisotopic (exact) mass is 252 g/mol. The Morgan fingerprint density at radius 1 is 1.41 bits per heavy atom. The third-order valence-electron chi connectivity index (χ3n) is 2.33. The van der Waals surface area contributed by atoms with E-state index < -0.39 is 5.97 Å². The molecule has 0 saturated heterocycles. The Kier molecular flexibility index (Phi) is 3.61. The summed E-state index contributed by atoms with van der Waals surface area (Å²) in [6.07, 6.45) is 0. The average Bonchev–Trinajstić information content (AvgIpc) is 2.77. The first-order chi connectivity index (χ1) is 8.22. The van der Waals surface area contributed by atoms with Gasteiger partial charge in [0.25, 0.3) is 0 Å². The quantitative estimate of drug-likeness (QED) is 0.831. The van der Waals surface area contributed by atoms with E-state index in [4.69, 9.17) is 14.6 Å². The topological polar surface area (TPSA) is 55.8 Å². The van der Waals surface area contributed by atoms with Crippen LogP contribution in [-0.4, -0.2) is 31.4 Å². The maximum atomic E-state index is 11.0. The molecule has 0 atom stereocenters. The number of fused-ring (bicyclic) bond motifs is 1. The van der Waals surface area contributed by atoms with Gasteiger partial charge in [-0.3, -0.25) is 0 Å². The number of ether oxygens (including phenoxy) is 2. The molecule has 0 amide bonds. The van der Waals surface area contributed by atoms with E-state index in [-0.39, 0.29) is 5.56 Å². The number of hydrogen-bond acceptors (Lipinski definition) is 4. The SMILES string of the molecule is COCCOc1cc(C(=O)O)cc2sccc12. The van der Waals surface area contributed by atoms with E-state index >= 15 is 0 Å². The summed E-state index contributed by atoms with van der Waals surface area (Å²) in [5, 5.41) is 11.9. The number of hydrogen-bond donors (Lipinski definition) is 1. The van der Waals surface area contributed by atoms with Crippen LogP contribution in [0.5, 0.6) is 5.75 Å². The van der Waals surface area contributed by atoms with Gasteiger partial charge in [-0.2, -0.15) is 0 Å². The van der Waals surface area contributed by atoms with E-state index in [1.165, 1.54) is 11.3 Å². The zero-order valence-electron chi connectivity index (χ0n) is 9.30. The second-order valence-corrected chi connectivity index (χ2v) is 4.40. The lowest BCUT2D eigenvalue weighted by molar-refractivity contribution is 0.0696. The Balaban J connectivity index is 2.36. The first-order valence-corrected chi connectivity index (χ1v) is 5.96. The molecule has 0 fully saturated rings. The zero-order chi connectivity index (χ0) is 12.3. The normalized spacial score (nSPS) is 10.6. The summed E-state index contributed by atoms with van der Waals surface area (Å²) in [6.45, 7) is 0.882. The van der Waals surface area contributed by atoms with Crippen molar-refractivity contribution in [3.05, 3.63) is 29.1 Å². The minimum absolute atomic E-state index is 0.243. The first kappa shape index (κ1) is 11.9. The van der Waals surface area contributed by atoms with Gasteiger partial charge in [0.05, 0.1) is 12.2 Å². The van der Waals surface area contributed by atoms with Crippen LogP contribution in [0.1, 0.15) is 10.4 Å². The van der Waals surface area contributed by atoms with Crippen LogP contribution in [0.15, 0.2) is 23.6 Å². The molecule has 4 nitrogen and oxygen atoms in total. The van der Waals surface area contributed by atoms with Gasteiger partial charge in [-0.15, -0.1) is 11.3 Å². The Bertz CT molecular complexity index is 532. The third kappa shape index (κ3) is 2.57. The summed E-state index contributed by atoms with van der Waals surface area (Å²) in [6, 6.07) is 5.13. The number of aromatic carboxylic acids is 1. The Hall–Kier alpha value is -1.59. The maximum Gasteiger partial charge on any atom is 0.335 e. The van der Waals surface area contributed by atoms with E-state index in [0.717, 1.165) is 10.1 Å². The summed E-state index contributed by atoms with van der Waals surface area (Å²) in [7, 11) is 1.59. The van der Waals surface area contributed by atoms with Gasteiger partial charge < -0.3 is 14.6 Å². The Morgan fingerprint density at radius 3 is 2.94 bits per heavy atom. The van der Waals surface area contributed by atoms with Crippen molar-refractivity contribution in [2.24, 2.45) is 0 Å². The summed E-state index contributed by atoms with van der Waals surface area (Å²) in [5.74, 6) is -0.352. The summed E-state index contributed by atoms with van der Waals surface area (Å²) in [5.41, 5.74) is 0.243. The van der Waals surface area contributed by atoms with Gasteiger partial charge >= 0.3 is 5.97 Å². The zero-order valence-corrected chi connectivity index (χ0v) is 10.1. The fourth-order valence-corrected chi connectivity index (χ4v) is 2.36. The summed E-state index contributed by atoms with van der Waals surface area (Å²) in [4.78, 5) is 11.0. The predicted octanol–water partition coefficient (Wildman–Crippen LogP) is 2.62. The van der Waals surface area contributed by atoms with Gasteiger partial charge in [0.15, 0.2) is 0 Å². The number of methoxy groups -OCH3 is 1. The van der Waals surface area contributed by atoms with Gasteiger partial charge in [-0.25, -0.2) is 4.79 Å². The number of rotatable bonds is 5. The molecule has 0 unspecified atom stereocenters. The fraction of sp³-hybridized carbons (Fsp3) is 0.250. The molecule has 17 heavy (non-hydrogen) atoms. The number of carboxylic acids is 1. The lowest BCUT2D eigenvalue weighted by Crippen LogP contribution is -2.05. The van der Waals surface area contributed by atoms with Gasteiger partial charge in [0.2, 0.25) is 0 Å². The molecule has 1 aromatic heterocycles. The highest BCUT2D eigenvalue weighted by Crippen LogP contribution is 2.31. The van der Waals surface area contributed by atoms with E-state index in [9.17, 15) is 4.79 Å². The van der Waals surface area contributed by atoms with Crippen molar-refractivity contribution in [3.63, 3.8) is 0 Å². The van der Waals surface area contributed by atoms with Crippen molar-refractivity contribution in [3.8, 4) is 5.75 Å². The van der Waals surface area contributed by atoms with E-state index in [1.807, 2.05) is 11.4 Å². The molecule has 0 radical (unpaired) electrons. The molecule has 0 spiro atoms. The lowest BCUT2D eigenvalue weighted by Gasteiger charge is -2.08. The van der Waals surface area contributed by atoms with Gasteiger partial charge in [-0.1, -0.05) is 0 Å². The lowest BCUT2D eigenvalue weighted by atomic mass is 10.1. The molecule has 1 aromatic carbocycles. The minimum atomic E-state index is -0.947. The van der Waals surface area contributed by atoms with Crippen LogP contribution >= 0.6 is 11.3 Å². The van der Waals surface area contributed by atoms with E-state index in [0.29, 0.717) is 19.0 Å². The molecule has 2 aromatic rings. The first-order valence-electron chi connectivity index (χ1n) is 5.08. The molecular weight excluding hydrogens is 240 g/mol.